The van der Waals surface area contributed by atoms with Crippen LogP contribution in [0, 0.1) is 0 Å². The van der Waals surface area contributed by atoms with E-state index in [9.17, 15) is 0 Å². The maximum atomic E-state index is 5.66. The third-order valence-corrected chi connectivity index (χ3v) is 4.77. The van der Waals surface area contributed by atoms with Gasteiger partial charge in [-0.1, -0.05) is 6.92 Å². The summed E-state index contributed by atoms with van der Waals surface area (Å²) in [6.45, 7) is 5.45. The van der Waals surface area contributed by atoms with Gasteiger partial charge < -0.3 is 27.2 Å². The topological polar surface area (TPSA) is 58.7 Å². The molecule has 0 amide bonds. The highest BCUT2D eigenvalue weighted by molar-refractivity contribution is 6.53. The zero-order valence-corrected chi connectivity index (χ0v) is 13.2. The Morgan fingerprint density at radius 2 is 1.68 bits per heavy atom. The van der Waals surface area contributed by atoms with Gasteiger partial charge in [0.1, 0.15) is 6.10 Å². The quantitative estimate of drug-likeness (QED) is 0.290. The Labute approximate surface area is 116 Å². The molecule has 0 N–H and O–H groups in total. The Morgan fingerprint density at radius 1 is 1.05 bits per heavy atom. The van der Waals surface area contributed by atoms with Gasteiger partial charge in [0.05, 0.1) is 13.2 Å². The summed E-state index contributed by atoms with van der Waals surface area (Å²) in [6.07, 6.45) is 3.07. The van der Waals surface area contributed by atoms with Gasteiger partial charge in [-0.25, -0.2) is 0 Å². The number of unbranched alkanes of at least 4 members (excludes halogenated alkanes) is 1. The maximum Gasteiger partial charge on any atom is 0.679 e. The molecule has 6 nitrogen and oxygen atoms in total. The van der Waals surface area contributed by atoms with Crippen molar-refractivity contribution < 1.29 is 27.2 Å². The molecule has 0 saturated carbocycles. The van der Waals surface area contributed by atoms with Crippen LogP contribution in [0.4, 0.5) is 0 Å². The minimum absolute atomic E-state index is 0.334. The molecule has 1 fully saturated rings. The molecular formula is C12H26O6Si. The predicted octanol–water partition coefficient (Wildman–Crippen LogP) is 1.35. The van der Waals surface area contributed by atoms with Gasteiger partial charge in [0, 0.05) is 34.0 Å². The molecule has 0 aromatic heterocycles. The van der Waals surface area contributed by atoms with Crippen molar-refractivity contribution in [1.29, 1.82) is 0 Å². The molecule has 1 rings (SSSR count). The van der Waals surface area contributed by atoms with Crippen LogP contribution < -0.4 is 0 Å². The molecule has 1 saturated heterocycles. The van der Waals surface area contributed by atoms with Crippen LogP contribution in [-0.2, 0) is 27.2 Å². The molecule has 114 valence electrons. The first-order valence-electron chi connectivity index (χ1n) is 6.84. The number of rotatable bonds is 13. The van der Waals surface area contributed by atoms with E-state index >= 15 is 0 Å². The SMILES string of the molecule is CCCO[Si](OC)(OC)OCCCCOCC1CO1. The Morgan fingerprint density at radius 3 is 2.26 bits per heavy atom. The fraction of sp³-hybridized carbons (Fsp3) is 1.00. The Bertz CT molecular complexity index is 220. The van der Waals surface area contributed by atoms with Gasteiger partial charge in [-0.2, -0.15) is 0 Å². The highest BCUT2D eigenvalue weighted by atomic mass is 28.4. The normalized spacial score (nSPS) is 18.8. The largest absolute Gasteiger partial charge is 0.679 e. The highest BCUT2D eigenvalue weighted by Gasteiger charge is 2.43. The second-order valence-corrected chi connectivity index (χ2v) is 6.74. The smallest absolute Gasteiger partial charge is 0.379 e. The van der Waals surface area contributed by atoms with E-state index in [2.05, 4.69) is 0 Å². The van der Waals surface area contributed by atoms with Crippen molar-refractivity contribution in [2.24, 2.45) is 0 Å². The van der Waals surface area contributed by atoms with Crippen LogP contribution in [0.3, 0.4) is 0 Å². The van der Waals surface area contributed by atoms with Gasteiger partial charge in [0.2, 0.25) is 0 Å². The van der Waals surface area contributed by atoms with Crippen LogP contribution in [0.2, 0.25) is 0 Å². The molecule has 0 aromatic carbocycles. The number of hydrogen-bond donors (Lipinski definition) is 0. The van der Waals surface area contributed by atoms with E-state index in [1.54, 1.807) is 14.2 Å². The van der Waals surface area contributed by atoms with Crippen LogP contribution in [-0.4, -0.2) is 62.4 Å². The average Bonchev–Trinajstić information content (AvgIpc) is 3.26. The van der Waals surface area contributed by atoms with Crippen molar-refractivity contribution in [2.75, 3.05) is 47.3 Å². The molecule has 1 heterocycles. The van der Waals surface area contributed by atoms with E-state index in [1.807, 2.05) is 6.92 Å². The second-order valence-electron chi connectivity index (χ2n) is 4.34. The van der Waals surface area contributed by atoms with Gasteiger partial charge in [0.15, 0.2) is 0 Å². The lowest BCUT2D eigenvalue weighted by Gasteiger charge is -2.24. The summed E-state index contributed by atoms with van der Waals surface area (Å²) in [5.74, 6) is 0. The van der Waals surface area contributed by atoms with E-state index < -0.39 is 9.05 Å². The molecule has 7 heteroatoms. The Kier molecular flexibility index (Phi) is 8.80. The molecule has 0 spiro atoms. The standard InChI is InChI=1S/C12H26O6Si/c1-4-7-17-19(13-2,14-3)18-9-6-5-8-15-10-12-11-16-12/h12H,4-11H2,1-3H3. The monoisotopic (exact) mass is 294 g/mol. The lowest BCUT2D eigenvalue weighted by Crippen LogP contribution is -2.47. The summed E-state index contributed by atoms with van der Waals surface area (Å²) in [6, 6.07) is 0. The minimum atomic E-state index is -2.90. The molecule has 0 aliphatic carbocycles. The van der Waals surface area contributed by atoms with Crippen molar-refractivity contribution in [3.63, 3.8) is 0 Å². The van der Waals surface area contributed by atoms with Gasteiger partial charge in [-0.3, -0.25) is 0 Å². The molecule has 1 unspecified atom stereocenters. The van der Waals surface area contributed by atoms with Crippen molar-refractivity contribution in [3.8, 4) is 0 Å². The van der Waals surface area contributed by atoms with E-state index in [-0.39, 0.29) is 0 Å². The lowest BCUT2D eigenvalue weighted by atomic mass is 10.3. The van der Waals surface area contributed by atoms with E-state index in [4.69, 9.17) is 27.2 Å². The molecule has 0 radical (unpaired) electrons. The molecule has 19 heavy (non-hydrogen) atoms. The Balaban J connectivity index is 2.02. The van der Waals surface area contributed by atoms with E-state index in [0.29, 0.717) is 25.9 Å². The van der Waals surface area contributed by atoms with Gasteiger partial charge >= 0.3 is 9.05 Å². The molecule has 1 atom stereocenters. The lowest BCUT2D eigenvalue weighted by molar-refractivity contribution is -0.0107. The average molecular weight is 294 g/mol. The van der Waals surface area contributed by atoms with Crippen LogP contribution in [0.5, 0.6) is 0 Å². The van der Waals surface area contributed by atoms with Gasteiger partial charge in [-0.15, -0.1) is 0 Å². The fourth-order valence-corrected chi connectivity index (χ4v) is 3.04. The first kappa shape index (κ1) is 17.0. The highest BCUT2D eigenvalue weighted by Crippen LogP contribution is 2.11. The zero-order chi connectivity index (χ0) is 14.0. The summed E-state index contributed by atoms with van der Waals surface area (Å²) < 4.78 is 32.3. The molecule has 0 bridgehead atoms. The van der Waals surface area contributed by atoms with Crippen molar-refractivity contribution in [3.05, 3.63) is 0 Å². The first-order chi connectivity index (χ1) is 9.26. The van der Waals surface area contributed by atoms with Crippen molar-refractivity contribution >= 4 is 9.05 Å². The van der Waals surface area contributed by atoms with Crippen molar-refractivity contribution in [2.45, 2.75) is 32.3 Å². The summed E-state index contributed by atoms with van der Waals surface area (Å²) in [5.41, 5.74) is 0. The third-order valence-electron chi connectivity index (χ3n) is 2.65. The van der Waals surface area contributed by atoms with E-state index in [0.717, 1.165) is 32.5 Å². The molecular weight excluding hydrogens is 268 g/mol. The summed E-state index contributed by atoms with van der Waals surface area (Å²) >= 11 is 0. The number of hydrogen-bond acceptors (Lipinski definition) is 6. The second kappa shape index (κ2) is 9.81. The summed E-state index contributed by atoms with van der Waals surface area (Å²) in [7, 11) is 0.218. The zero-order valence-electron chi connectivity index (χ0n) is 12.2. The van der Waals surface area contributed by atoms with Crippen LogP contribution >= 0.6 is 0 Å². The predicted molar refractivity (Wildman–Crippen MR) is 71.8 cm³/mol. The number of ether oxygens (including phenoxy) is 2. The minimum Gasteiger partial charge on any atom is -0.379 e. The van der Waals surface area contributed by atoms with Crippen molar-refractivity contribution in [1.82, 2.24) is 0 Å². The van der Waals surface area contributed by atoms with Crippen LogP contribution in [0.15, 0.2) is 0 Å². The molecule has 0 aromatic rings. The summed E-state index contributed by atoms with van der Waals surface area (Å²) in [4.78, 5) is 0. The fourth-order valence-electron chi connectivity index (χ4n) is 1.47. The van der Waals surface area contributed by atoms with Crippen LogP contribution in [0.25, 0.3) is 0 Å². The third kappa shape index (κ3) is 7.36. The Hall–Kier alpha value is -0.0231. The molecule has 1 aliphatic rings. The summed E-state index contributed by atoms with van der Waals surface area (Å²) in [5, 5.41) is 0. The molecule has 1 aliphatic heterocycles. The van der Waals surface area contributed by atoms with Crippen LogP contribution in [0.1, 0.15) is 26.2 Å². The van der Waals surface area contributed by atoms with Gasteiger partial charge in [0.25, 0.3) is 0 Å². The van der Waals surface area contributed by atoms with Gasteiger partial charge in [-0.05, 0) is 19.3 Å². The maximum absolute atomic E-state index is 5.66. The van der Waals surface area contributed by atoms with E-state index in [1.165, 1.54) is 0 Å². The first-order valence-corrected chi connectivity index (χ1v) is 8.47. The number of epoxide rings is 1.